The predicted octanol–water partition coefficient (Wildman–Crippen LogP) is 13.9. The summed E-state index contributed by atoms with van der Waals surface area (Å²) in [4.78, 5) is 3.90. The highest BCUT2D eigenvalue weighted by Crippen LogP contribution is 2.56. The first-order chi connectivity index (χ1) is 24.8. The molecule has 0 atom stereocenters. The molecular formula is C49H41NS. The number of anilines is 3. The molecule has 9 rings (SSSR count). The lowest BCUT2D eigenvalue weighted by molar-refractivity contribution is 0.660. The predicted molar refractivity (Wildman–Crippen MR) is 219 cm³/mol. The molecule has 1 heterocycles. The lowest BCUT2D eigenvalue weighted by Gasteiger charge is -2.31. The Morgan fingerprint density at radius 2 is 0.980 bits per heavy atom. The summed E-state index contributed by atoms with van der Waals surface area (Å²) in [6, 6.07) is 60.5. The van der Waals surface area contributed by atoms with E-state index in [9.17, 15) is 0 Å². The van der Waals surface area contributed by atoms with Crippen LogP contribution in [0.5, 0.6) is 0 Å². The molecule has 0 radical (unpaired) electrons. The molecule has 1 nitrogen and oxygen atoms in total. The molecular weight excluding hydrogens is 635 g/mol. The minimum absolute atomic E-state index is 0.130. The van der Waals surface area contributed by atoms with Crippen LogP contribution in [0.2, 0.25) is 0 Å². The molecule has 0 bridgehead atoms. The molecule has 7 aromatic rings. The van der Waals surface area contributed by atoms with Crippen molar-refractivity contribution in [3.05, 3.63) is 180 Å². The van der Waals surface area contributed by atoms with E-state index in [0.717, 1.165) is 17.8 Å². The molecule has 0 amide bonds. The number of hydrogen-bond acceptors (Lipinski definition) is 2. The molecule has 1 aliphatic heterocycles. The maximum absolute atomic E-state index is 2.50. The first-order valence-electron chi connectivity index (χ1n) is 18.0. The number of nitrogens with zero attached hydrogens (tertiary/aromatic N) is 1. The Morgan fingerprint density at radius 3 is 1.59 bits per heavy atom. The highest BCUT2D eigenvalue weighted by molar-refractivity contribution is 8.01. The molecule has 0 fully saturated rings. The third-order valence-electron chi connectivity index (χ3n) is 10.8. The molecule has 0 saturated heterocycles. The van der Waals surface area contributed by atoms with Gasteiger partial charge in [-0.15, -0.1) is 11.8 Å². The number of rotatable bonds is 6. The average Bonchev–Trinajstić information content (AvgIpc) is 3.61. The minimum Gasteiger partial charge on any atom is -0.310 e. The summed E-state index contributed by atoms with van der Waals surface area (Å²) in [5.41, 5.74) is 17.7. The zero-order chi connectivity index (χ0) is 34.7. The Morgan fingerprint density at radius 1 is 0.451 bits per heavy atom. The second-order valence-electron chi connectivity index (χ2n) is 15.1. The van der Waals surface area contributed by atoms with Gasteiger partial charge in [0.1, 0.15) is 0 Å². The molecule has 248 valence electrons. The fourth-order valence-corrected chi connectivity index (χ4v) is 9.60. The van der Waals surface area contributed by atoms with Gasteiger partial charge in [-0.1, -0.05) is 155 Å². The Bertz CT molecular complexity index is 2300. The van der Waals surface area contributed by atoms with E-state index >= 15 is 0 Å². The topological polar surface area (TPSA) is 3.24 Å². The van der Waals surface area contributed by atoms with Gasteiger partial charge in [0.2, 0.25) is 0 Å². The van der Waals surface area contributed by atoms with Gasteiger partial charge in [0.15, 0.2) is 0 Å². The quantitative estimate of drug-likeness (QED) is 0.173. The molecule has 0 N–H and O–H groups in total. The van der Waals surface area contributed by atoms with E-state index < -0.39 is 0 Å². The van der Waals surface area contributed by atoms with E-state index in [0.29, 0.717) is 0 Å². The van der Waals surface area contributed by atoms with Gasteiger partial charge in [0, 0.05) is 32.0 Å². The largest absolute Gasteiger partial charge is 0.310 e. The second kappa shape index (κ2) is 12.2. The number of hydrogen-bond donors (Lipinski definition) is 0. The van der Waals surface area contributed by atoms with Crippen molar-refractivity contribution in [3.8, 4) is 44.5 Å². The monoisotopic (exact) mass is 675 g/mol. The summed E-state index contributed by atoms with van der Waals surface area (Å²) in [5.74, 6) is 0. The van der Waals surface area contributed by atoms with Gasteiger partial charge in [0.05, 0.1) is 5.69 Å². The zero-order valence-electron chi connectivity index (χ0n) is 29.7. The second-order valence-corrected chi connectivity index (χ2v) is 16.8. The molecule has 2 heteroatoms. The van der Waals surface area contributed by atoms with Crippen LogP contribution in [0, 0.1) is 0 Å². The van der Waals surface area contributed by atoms with Crippen molar-refractivity contribution in [1.29, 1.82) is 0 Å². The van der Waals surface area contributed by atoms with Gasteiger partial charge in [0.25, 0.3) is 0 Å². The molecule has 7 aromatic carbocycles. The smallest absolute Gasteiger partial charge is 0.0543 e. The molecule has 0 aromatic heterocycles. The number of thioether (sulfide) groups is 1. The lowest BCUT2D eigenvalue weighted by Crippen LogP contribution is -2.17. The third kappa shape index (κ3) is 5.50. The maximum Gasteiger partial charge on any atom is 0.0543 e. The van der Waals surface area contributed by atoms with Crippen LogP contribution in [0.25, 0.3) is 44.5 Å². The minimum atomic E-state index is -0.130. The van der Waals surface area contributed by atoms with Crippen LogP contribution >= 0.6 is 11.8 Å². The van der Waals surface area contributed by atoms with Crippen molar-refractivity contribution < 1.29 is 0 Å². The molecule has 0 spiro atoms. The van der Waals surface area contributed by atoms with Gasteiger partial charge in [-0.3, -0.25) is 0 Å². The summed E-state index contributed by atoms with van der Waals surface area (Å²) in [6.07, 6.45) is 1.07. The Labute approximate surface area is 306 Å². The number of fused-ring (bicyclic) bond motifs is 4. The third-order valence-corrected chi connectivity index (χ3v) is 12.2. The molecule has 51 heavy (non-hydrogen) atoms. The summed E-state index contributed by atoms with van der Waals surface area (Å²) in [6.45, 7) is 9.51. The Kier molecular flexibility index (Phi) is 7.56. The van der Waals surface area contributed by atoms with Crippen LogP contribution in [-0.4, -0.2) is 4.75 Å². The average molecular weight is 676 g/mol. The van der Waals surface area contributed by atoms with Crippen molar-refractivity contribution in [2.45, 2.75) is 49.2 Å². The molecule has 2 aliphatic rings. The molecule has 0 saturated carbocycles. The van der Waals surface area contributed by atoms with E-state index in [2.05, 4.69) is 196 Å². The normalized spacial score (nSPS) is 14.8. The SMILES string of the molecule is CC1(C)Cc2cccc(-c3cc4c(cc3N(c3ccc(-c5ccccc5)cc3)c3ccc(-c5ccccc5)cc3)C(C)(C)c3ccccc3-4)c2S1. The summed E-state index contributed by atoms with van der Waals surface area (Å²) in [5, 5.41) is 0. The first kappa shape index (κ1) is 31.7. The fraction of sp³-hybridized carbons (Fsp3) is 0.143. The molecule has 1 aliphatic carbocycles. The van der Waals surface area contributed by atoms with Crippen molar-refractivity contribution in [3.63, 3.8) is 0 Å². The van der Waals surface area contributed by atoms with E-state index in [-0.39, 0.29) is 10.2 Å². The lowest BCUT2D eigenvalue weighted by atomic mass is 9.81. The van der Waals surface area contributed by atoms with Crippen LogP contribution in [0.1, 0.15) is 44.4 Å². The Balaban J connectivity index is 1.29. The van der Waals surface area contributed by atoms with E-state index in [1.807, 2.05) is 11.8 Å². The Hall–Kier alpha value is -5.31. The van der Waals surface area contributed by atoms with Crippen molar-refractivity contribution in [1.82, 2.24) is 0 Å². The summed E-state index contributed by atoms with van der Waals surface area (Å²) < 4.78 is 0.157. The summed E-state index contributed by atoms with van der Waals surface area (Å²) in [7, 11) is 0. The maximum atomic E-state index is 2.50. The van der Waals surface area contributed by atoms with E-state index in [1.54, 1.807) is 0 Å². The van der Waals surface area contributed by atoms with E-state index in [4.69, 9.17) is 0 Å². The van der Waals surface area contributed by atoms with Crippen molar-refractivity contribution in [2.24, 2.45) is 0 Å². The van der Waals surface area contributed by atoms with Crippen molar-refractivity contribution >= 4 is 28.8 Å². The van der Waals surface area contributed by atoms with Crippen molar-refractivity contribution in [2.75, 3.05) is 4.90 Å². The van der Waals surface area contributed by atoms with Gasteiger partial charge < -0.3 is 4.90 Å². The standard InChI is InChI=1S/C49H41NS/c1-48(2)32-37-18-13-20-41(47(37)51-48)43-30-42-40-19-11-12-21-44(40)49(3,4)45(42)31-46(43)50(38-26-22-35(23-27-38)33-14-7-5-8-15-33)39-28-24-36(25-29-39)34-16-9-6-10-17-34/h5-31H,32H2,1-4H3. The van der Waals surface area contributed by atoms with Gasteiger partial charge >= 0.3 is 0 Å². The first-order valence-corrected chi connectivity index (χ1v) is 18.8. The fourth-order valence-electron chi connectivity index (χ4n) is 8.26. The van der Waals surface area contributed by atoms with Crippen LogP contribution in [0.4, 0.5) is 17.1 Å². The van der Waals surface area contributed by atoms with Crippen LogP contribution in [0.3, 0.4) is 0 Å². The van der Waals surface area contributed by atoms with Crippen LogP contribution in [-0.2, 0) is 11.8 Å². The summed E-state index contributed by atoms with van der Waals surface area (Å²) >= 11 is 2.03. The van der Waals surface area contributed by atoms with E-state index in [1.165, 1.54) is 71.8 Å². The van der Waals surface area contributed by atoms with Crippen LogP contribution < -0.4 is 4.90 Å². The van der Waals surface area contributed by atoms with Crippen LogP contribution in [0.15, 0.2) is 169 Å². The van der Waals surface area contributed by atoms with Gasteiger partial charge in [-0.05, 0) is 98.5 Å². The highest BCUT2D eigenvalue weighted by Gasteiger charge is 2.38. The van der Waals surface area contributed by atoms with Gasteiger partial charge in [-0.2, -0.15) is 0 Å². The number of benzene rings is 7. The van der Waals surface area contributed by atoms with Gasteiger partial charge in [-0.25, -0.2) is 0 Å². The highest BCUT2D eigenvalue weighted by atomic mass is 32.2. The molecule has 0 unspecified atom stereocenters. The zero-order valence-corrected chi connectivity index (χ0v) is 30.5.